The summed E-state index contributed by atoms with van der Waals surface area (Å²) < 4.78 is 26.0. The SMILES string of the molecule is Cc1ccc(N(CC(=O)Nc2ccc(Br)cc2)S(C)(=O)=O)cc1. The monoisotopic (exact) mass is 396 g/mol. The third kappa shape index (κ3) is 5.07. The van der Waals surface area contributed by atoms with Crippen LogP contribution in [0.5, 0.6) is 0 Å². The summed E-state index contributed by atoms with van der Waals surface area (Å²) in [5.41, 5.74) is 2.08. The highest BCUT2D eigenvalue weighted by atomic mass is 79.9. The maximum Gasteiger partial charge on any atom is 0.245 e. The molecular weight excluding hydrogens is 380 g/mol. The van der Waals surface area contributed by atoms with E-state index >= 15 is 0 Å². The Bertz CT molecular complexity index is 787. The van der Waals surface area contributed by atoms with E-state index in [4.69, 9.17) is 0 Å². The molecule has 0 atom stereocenters. The minimum Gasteiger partial charge on any atom is -0.325 e. The molecular formula is C16H17BrN2O3S. The lowest BCUT2D eigenvalue weighted by Gasteiger charge is -2.22. The average molecular weight is 397 g/mol. The van der Waals surface area contributed by atoms with Crippen molar-refractivity contribution < 1.29 is 13.2 Å². The third-order valence-electron chi connectivity index (χ3n) is 3.14. The Kier molecular flexibility index (Phi) is 5.43. The number of nitrogens with zero attached hydrogens (tertiary/aromatic N) is 1. The van der Waals surface area contributed by atoms with E-state index in [0.29, 0.717) is 11.4 Å². The summed E-state index contributed by atoms with van der Waals surface area (Å²) in [4.78, 5) is 12.2. The second kappa shape index (κ2) is 7.14. The summed E-state index contributed by atoms with van der Waals surface area (Å²) in [5, 5.41) is 2.69. The van der Waals surface area contributed by atoms with Gasteiger partial charge in [-0.25, -0.2) is 8.42 Å². The van der Waals surface area contributed by atoms with Crippen molar-refractivity contribution in [3.63, 3.8) is 0 Å². The summed E-state index contributed by atoms with van der Waals surface area (Å²) in [6, 6.07) is 14.0. The second-order valence-corrected chi connectivity index (χ2v) is 7.98. The van der Waals surface area contributed by atoms with Crippen LogP contribution in [0.4, 0.5) is 11.4 Å². The molecule has 1 N–H and O–H groups in total. The van der Waals surface area contributed by atoms with Crippen molar-refractivity contribution in [1.82, 2.24) is 0 Å². The standard InChI is InChI=1S/C16H17BrN2O3S/c1-12-3-9-15(10-4-12)19(23(2,21)22)11-16(20)18-14-7-5-13(17)6-8-14/h3-10H,11H2,1-2H3,(H,18,20). The molecule has 0 aromatic heterocycles. The van der Waals surface area contributed by atoms with Gasteiger partial charge in [0.15, 0.2) is 0 Å². The Hall–Kier alpha value is -1.86. The van der Waals surface area contributed by atoms with Crippen LogP contribution in [0, 0.1) is 6.92 Å². The Morgan fingerprint density at radius 1 is 1.09 bits per heavy atom. The van der Waals surface area contributed by atoms with Crippen molar-refractivity contribution in [1.29, 1.82) is 0 Å². The van der Waals surface area contributed by atoms with Crippen LogP contribution in [0.15, 0.2) is 53.0 Å². The number of aryl methyl sites for hydroxylation is 1. The molecule has 5 nitrogen and oxygen atoms in total. The number of amides is 1. The van der Waals surface area contributed by atoms with E-state index in [-0.39, 0.29) is 6.54 Å². The quantitative estimate of drug-likeness (QED) is 0.843. The predicted octanol–water partition coefficient (Wildman–Crippen LogP) is 3.16. The van der Waals surface area contributed by atoms with Crippen LogP contribution in [-0.2, 0) is 14.8 Å². The fourth-order valence-electron chi connectivity index (χ4n) is 1.98. The van der Waals surface area contributed by atoms with Gasteiger partial charge in [0.05, 0.1) is 11.9 Å². The third-order valence-corrected chi connectivity index (χ3v) is 4.81. The van der Waals surface area contributed by atoms with Gasteiger partial charge in [0.25, 0.3) is 0 Å². The Labute approximate surface area is 144 Å². The number of hydrogen-bond donors (Lipinski definition) is 1. The summed E-state index contributed by atoms with van der Waals surface area (Å²) in [5.74, 6) is -0.404. The number of sulfonamides is 1. The van der Waals surface area contributed by atoms with Crippen molar-refractivity contribution in [3.8, 4) is 0 Å². The predicted molar refractivity (Wildman–Crippen MR) is 96.1 cm³/mol. The minimum absolute atomic E-state index is 0.280. The zero-order chi connectivity index (χ0) is 17.0. The van der Waals surface area contributed by atoms with Crippen molar-refractivity contribution in [2.45, 2.75) is 6.92 Å². The molecule has 1 amide bonds. The van der Waals surface area contributed by atoms with E-state index in [1.807, 2.05) is 6.92 Å². The van der Waals surface area contributed by atoms with Gasteiger partial charge in [-0.2, -0.15) is 0 Å². The van der Waals surface area contributed by atoms with Crippen LogP contribution in [0.2, 0.25) is 0 Å². The minimum atomic E-state index is -3.56. The zero-order valence-corrected chi connectivity index (χ0v) is 15.2. The van der Waals surface area contributed by atoms with Crippen LogP contribution < -0.4 is 9.62 Å². The summed E-state index contributed by atoms with van der Waals surface area (Å²) in [6.07, 6.45) is 1.08. The van der Waals surface area contributed by atoms with Gasteiger partial charge in [-0.15, -0.1) is 0 Å². The number of benzene rings is 2. The molecule has 122 valence electrons. The van der Waals surface area contributed by atoms with Gasteiger partial charge in [-0.3, -0.25) is 9.10 Å². The highest BCUT2D eigenvalue weighted by Crippen LogP contribution is 2.19. The van der Waals surface area contributed by atoms with E-state index in [0.717, 1.165) is 20.6 Å². The molecule has 0 spiro atoms. The van der Waals surface area contributed by atoms with Crippen LogP contribution in [-0.4, -0.2) is 27.1 Å². The molecule has 23 heavy (non-hydrogen) atoms. The van der Waals surface area contributed by atoms with Crippen molar-refractivity contribution >= 4 is 43.2 Å². The maximum atomic E-state index is 12.2. The molecule has 2 aromatic rings. The average Bonchev–Trinajstić information content (AvgIpc) is 2.47. The van der Waals surface area contributed by atoms with Gasteiger partial charge < -0.3 is 5.32 Å². The van der Waals surface area contributed by atoms with Gasteiger partial charge >= 0.3 is 0 Å². The number of halogens is 1. The molecule has 0 saturated heterocycles. The number of carbonyl (C=O) groups is 1. The first kappa shape index (κ1) is 17.5. The van der Waals surface area contributed by atoms with Crippen molar-refractivity contribution in [2.75, 3.05) is 22.4 Å². The van der Waals surface area contributed by atoms with Crippen LogP contribution in [0.3, 0.4) is 0 Å². The Morgan fingerprint density at radius 2 is 1.65 bits per heavy atom. The van der Waals surface area contributed by atoms with Crippen LogP contribution >= 0.6 is 15.9 Å². The number of rotatable bonds is 5. The first-order valence-electron chi connectivity index (χ1n) is 6.85. The molecule has 7 heteroatoms. The fraction of sp³-hybridized carbons (Fsp3) is 0.188. The molecule has 0 aliphatic rings. The van der Waals surface area contributed by atoms with E-state index in [9.17, 15) is 13.2 Å². The van der Waals surface area contributed by atoms with Gasteiger partial charge in [0.2, 0.25) is 15.9 Å². The van der Waals surface area contributed by atoms with E-state index in [2.05, 4.69) is 21.2 Å². The fourth-order valence-corrected chi connectivity index (χ4v) is 3.10. The lowest BCUT2D eigenvalue weighted by Crippen LogP contribution is -2.37. The lowest BCUT2D eigenvalue weighted by atomic mass is 10.2. The molecule has 0 aliphatic heterocycles. The summed E-state index contributed by atoms with van der Waals surface area (Å²) in [6.45, 7) is 1.63. The van der Waals surface area contributed by atoms with E-state index in [1.54, 1.807) is 48.5 Å². The molecule has 0 unspecified atom stereocenters. The normalized spacial score (nSPS) is 11.1. The van der Waals surface area contributed by atoms with Crippen LogP contribution in [0.1, 0.15) is 5.56 Å². The second-order valence-electron chi connectivity index (χ2n) is 5.16. The Morgan fingerprint density at radius 3 is 2.17 bits per heavy atom. The Balaban J connectivity index is 2.16. The number of nitrogens with one attached hydrogen (secondary N) is 1. The van der Waals surface area contributed by atoms with Gasteiger partial charge in [0, 0.05) is 10.2 Å². The first-order chi connectivity index (χ1) is 10.8. The molecule has 2 rings (SSSR count). The molecule has 0 saturated carbocycles. The first-order valence-corrected chi connectivity index (χ1v) is 9.49. The van der Waals surface area contributed by atoms with Gasteiger partial charge in [-0.05, 0) is 43.3 Å². The van der Waals surface area contributed by atoms with E-state index in [1.165, 1.54) is 0 Å². The van der Waals surface area contributed by atoms with Crippen LogP contribution in [0.25, 0.3) is 0 Å². The topological polar surface area (TPSA) is 66.5 Å². The van der Waals surface area contributed by atoms with Gasteiger partial charge in [-0.1, -0.05) is 33.6 Å². The number of carbonyl (C=O) groups excluding carboxylic acids is 1. The molecule has 0 fully saturated rings. The highest BCUT2D eigenvalue weighted by Gasteiger charge is 2.20. The highest BCUT2D eigenvalue weighted by molar-refractivity contribution is 9.10. The zero-order valence-electron chi connectivity index (χ0n) is 12.8. The largest absolute Gasteiger partial charge is 0.325 e. The van der Waals surface area contributed by atoms with Gasteiger partial charge in [0.1, 0.15) is 6.54 Å². The maximum absolute atomic E-state index is 12.2. The summed E-state index contributed by atoms with van der Waals surface area (Å²) >= 11 is 3.31. The molecule has 2 aromatic carbocycles. The lowest BCUT2D eigenvalue weighted by molar-refractivity contribution is -0.114. The summed E-state index contributed by atoms with van der Waals surface area (Å²) in [7, 11) is -3.56. The number of hydrogen-bond acceptors (Lipinski definition) is 3. The van der Waals surface area contributed by atoms with E-state index < -0.39 is 15.9 Å². The molecule has 0 heterocycles. The molecule has 0 radical (unpaired) electrons. The molecule has 0 bridgehead atoms. The van der Waals surface area contributed by atoms with Crippen molar-refractivity contribution in [2.24, 2.45) is 0 Å². The number of anilines is 2. The van der Waals surface area contributed by atoms with Crippen molar-refractivity contribution in [3.05, 3.63) is 58.6 Å². The smallest absolute Gasteiger partial charge is 0.245 e. The molecule has 0 aliphatic carbocycles.